The van der Waals surface area contributed by atoms with Crippen LogP contribution in [0.3, 0.4) is 0 Å². The maximum Gasteiger partial charge on any atom is 0.237 e. The van der Waals surface area contributed by atoms with E-state index in [1.807, 2.05) is 6.92 Å². The van der Waals surface area contributed by atoms with Gasteiger partial charge in [0.15, 0.2) is 0 Å². The molecule has 0 saturated carbocycles. The second-order valence-electron chi connectivity index (χ2n) is 4.49. The Bertz CT molecular complexity index is 467. The highest BCUT2D eigenvalue weighted by Crippen LogP contribution is 2.28. The van der Waals surface area contributed by atoms with Gasteiger partial charge in [-0.15, -0.1) is 0 Å². The van der Waals surface area contributed by atoms with Crippen LogP contribution in [-0.4, -0.2) is 42.0 Å². The molecule has 0 radical (unpaired) electrons. The Morgan fingerprint density at radius 1 is 1.58 bits per heavy atom. The number of piperazine rings is 1. The van der Waals surface area contributed by atoms with Gasteiger partial charge in [-0.3, -0.25) is 14.7 Å². The van der Waals surface area contributed by atoms with Crippen LogP contribution in [0.25, 0.3) is 0 Å². The van der Waals surface area contributed by atoms with Crippen molar-refractivity contribution in [1.29, 1.82) is 0 Å². The van der Waals surface area contributed by atoms with Gasteiger partial charge in [-0.2, -0.15) is 0 Å². The van der Waals surface area contributed by atoms with Crippen LogP contribution in [0.5, 0.6) is 5.75 Å². The van der Waals surface area contributed by atoms with Crippen molar-refractivity contribution in [3.63, 3.8) is 0 Å². The lowest BCUT2D eigenvalue weighted by molar-refractivity contribution is -0.129. The molecule has 1 amide bonds. The van der Waals surface area contributed by atoms with Gasteiger partial charge in [-0.05, 0) is 22.4 Å². The number of nitrogens with one attached hydrogen (secondary N) is 1. The highest BCUT2D eigenvalue weighted by Gasteiger charge is 2.29. The molecule has 1 aromatic rings. The highest BCUT2D eigenvalue weighted by molar-refractivity contribution is 9.10. The van der Waals surface area contributed by atoms with Crippen LogP contribution in [-0.2, 0) is 11.3 Å². The zero-order valence-corrected chi connectivity index (χ0v) is 12.7. The van der Waals surface area contributed by atoms with Crippen molar-refractivity contribution in [1.82, 2.24) is 15.2 Å². The summed E-state index contributed by atoms with van der Waals surface area (Å²) in [5.74, 6) is 0.855. The Hall–Kier alpha value is -1.14. The lowest BCUT2D eigenvalue weighted by Crippen LogP contribution is -2.54. The highest BCUT2D eigenvalue weighted by atomic mass is 79.9. The molecule has 104 valence electrons. The Labute approximate surface area is 121 Å². The molecular weight excluding hydrogens is 310 g/mol. The summed E-state index contributed by atoms with van der Waals surface area (Å²) in [6.45, 7) is 4.25. The summed E-state index contributed by atoms with van der Waals surface area (Å²) >= 11 is 3.50. The van der Waals surface area contributed by atoms with Crippen LogP contribution in [0.1, 0.15) is 18.9 Å². The Kier molecular flexibility index (Phi) is 4.76. The first-order valence-corrected chi connectivity index (χ1v) is 7.14. The number of amides is 1. The third kappa shape index (κ3) is 3.06. The molecule has 19 heavy (non-hydrogen) atoms. The molecule has 1 aromatic heterocycles. The van der Waals surface area contributed by atoms with Crippen LogP contribution in [0.15, 0.2) is 16.9 Å². The molecule has 1 aliphatic rings. The van der Waals surface area contributed by atoms with Crippen LogP contribution in [0.2, 0.25) is 0 Å². The molecule has 1 N–H and O–H groups in total. The minimum Gasteiger partial charge on any atom is -0.495 e. The van der Waals surface area contributed by atoms with Crippen LogP contribution in [0, 0.1) is 0 Å². The first kappa shape index (κ1) is 14.3. The fourth-order valence-electron chi connectivity index (χ4n) is 2.37. The zero-order chi connectivity index (χ0) is 13.8. The normalized spacial score (nSPS) is 20.2. The van der Waals surface area contributed by atoms with Gasteiger partial charge < -0.3 is 10.1 Å². The fraction of sp³-hybridized carbons (Fsp3) is 0.538. The molecule has 1 unspecified atom stereocenters. The maximum atomic E-state index is 11.9. The third-order valence-electron chi connectivity index (χ3n) is 3.37. The van der Waals surface area contributed by atoms with E-state index in [1.54, 1.807) is 19.5 Å². The summed E-state index contributed by atoms with van der Waals surface area (Å²) in [4.78, 5) is 18.1. The van der Waals surface area contributed by atoms with Gasteiger partial charge in [-0.25, -0.2) is 0 Å². The SMILES string of the molecule is CCC1C(=O)NCCN1Cc1c(Br)cncc1OC. The average molecular weight is 328 g/mol. The van der Waals surface area contributed by atoms with Gasteiger partial charge in [0.05, 0.1) is 19.3 Å². The van der Waals surface area contributed by atoms with Crippen LogP contribution in [0.4, 0.5) is 0 Å². The smallest absolute Gasteiger partial charge is 0.237 e. The summed E-state index contributed by atoms with van der Waals surface area (Å²) in [6, 6.07) is -0.0708. The van der Waals surface area contributed by atoms with Crippen molar-refractivity contribution in [3.05, 3.63) is 22.4 Å². The van der Waals surface area contributed by atoms with Crippen molar-refractivity contribution in [2.24, 2.45) is 0 Å². The minimum atomic E-state index is -0.0708. The van der Waals surface area contributed by atoms with Crippen LogP contribution >= 0.6 is 15.9 Å². The van der Waals surface area contributed by atoms with E-state index < -0.39 is 0 Å². The van der Waals surface area contributed by atoms with Crippen molar-refractivity contribution in [2.45, 2.75) is 25.9 Å². The molecule has 0 spiro atoms. The number of pyridine rings is 1. The summed E-state index contributed by atoms with van der Waals surface area (Å²) in [6.07, 6.45) is 4.25. The number of aromatic nitrogens is 1. The Morgan fingerprint density at radius 3 is 3.05 bits per heavy atom. The first-order valence-electron chi connectivity index (χ1n) is 6.35. The molecule has 1 fully saturated rings. The monoisotopic (exact) mass is 327 g/mol. The lowest BCUT2D eigenvalue weighted by Gasteiger charge is -2.34. The van der Waals surface area contributed by atoms with Crippen molar-refractivity contribution in [2.75, 3.05) is 20.2 Å². The molecule has 1 saturated heterocycles. The van der Waals surface area contributed by atoms with Gasteiger partial charge >= 0.3 is 0 Å². The van der Waals surface area contributed by atoms with E-state index in [2.05, 4.69) is 31.1 Å². The maximum absolute atomic E-state index is 11.9. The molecule has 0 aromatic carbocycles. The second-order valence-corrected chi connectivity index (χ2v) is 5.34. The fourth-order valence-corrected chi connectivity index (χ4v) is 2.81. The van der Waals surface area contributed by atoms with Crippen molar-refractivity contribution >= 4 is 21.8 Å². The number of methoxy groups -OCH3 is 1. The quantitative estimate of drug-likeness (QED) is 0.911. The van der Waals surface area contributed by atoms with Crippen molar-refractivity contribution < 1.29 is 9.53 Å². The third-order valence-corrected chi connectivity index (χ3v) is 4.06. The number of hydrogen-bond acceptors (Lipinski definition) is 4. The van der Waals surface area contributed by atoms with E-state index in [9.17, 15) is 4.79 Å². The van der Waals surface area contributed by atoms with Gasteiger partial charge in [0, 0.05) is 35.9 Å². The van der Waals surface area contributed by atoms with E-state index in [0.29, 0.717) is 13.1 Å². The van der Waals surface area contributed by atoms with Crippen LogP contribution < -0.4 is 10.1 Å². The molecule has 2 heterocycles. The number of carbonyl (C=O) groups excluding carboxylic acids is 1. The number of carbonyl (C=O) groups is 1. The zero-order valence-electron chi connectivity index (χ0n) is 11.1. The predicted molar refractivity (Wildman–Crippen MR) is 76.0 cm³/mol. The molecule has 5 nitrogen and oxygen atoms in total. The lowest BCUT2D eigenvalue weighted by atomic mass is 10.1. The van der Waals surface area contributed by atoms with Gasteiger partial charge in [0.25, 0.3) is 0 Å². The van der Waals surface area contributed by atoms with Gasteiger partial charge in [-0.1, -0.05) is 6.92 Å². The summed E-state index contributed by atoms with van der Waals surface area (Å²) in [5, 5.41) is 2.91. The number of halogens is 1. The number of nitrogens with zero attached hydrogens (tertiary/aromatic N) is 2. The average Bonchev–Trinajstić information content (AvgIpc) is 2.41. The van der Waals surface area contributed by atoms with E-state index in [-0.39, 0.29) is 11.9 Å². The molecule has 6 heteroatoms. The Balaban J connectivity index is 2.22. The Morgan fingerprint density at radius 2 is 2.37 bits per heavy atom. The first-order chi connectivity index (χ1) is 9.17. The largest absolute Gasteiger partial charge is 0.495 e. The molecule has 2 rings (SSSR count). The van der Waals surface area contributed by atoms with Crippen molar-refractivity contribution in [3.8, 4) is 5.75 Å². The molecule has 0 aliphatic carbocycles. The number of rotatable bonds is 4. The van der Waals surface area contributed by atoms with E-state index >= 15 is 0 Å². The molecule has 1 aliphatic heterocycles. The summed E-state index contributed by atoms with van der Waals surface area (Å²) < 4.78 is 6.25. The number of ether oxygens (including phenoxy) is 1. The van der Waals surface area contributed by atoms with Gasteiger partial charge in [0.2, 0.25) is 5.91 Å². The van der Waals surface area contributed by atoms with E-state index in [4.69, 9.17) is 4.74 Å². The van der Waals surface area contributed by atoms with E-state index in [0.717, 1.165) is 28.8 Å². The summed E-state index contributed by atoms with van der Waals surface area (Å²) in [5.41, 5.74) is 1.03. The molecular formula is C13H18BrN3O2. The predicted octanol–water partition coefficient (Wildman–Crippen LogP) is 1.56. The summed E-state index contributed by atoms with van der Waals surface area (Å²) in [7, 11) is 1.63. The van der Waals surface area contributed by atoms with E-state index in [1.165, 1.54) is 0 Å². The molecule has 1 atom stereocenters. The number of hydrogen-bond donors (Lipinski definition) is 1. The van der Waals surface area contributed by atoms with Gasteiger partial charge in [0.1, 0.15) is 5.75 Å². The standard InChI is InChI=1S/C13H18BrN3O2/c1-3-11-13(18)16-4-5-17(11)8-9-10(14)6-15-7-12(9)19-2/h6-7,11H,3-5,8H2,1-2H3,(H,16,18). The molecule has 0 bridgehead atoms. The second kappa shape index (κ2) is 6.34. The topological polar surface area (TPSA) is 54.5 Å². The minimum absolute atomic E-state index is 0.0708.